The molecule has 2 rings (SSSR count). The first-order valence-corrected chi connectivity index (χ1v) is 6.36. The van der Waals surface area contributed by atoms with Crippen molar-refractivity contribution in [2.75, 3.05) is 26.2 Å². The highest BCUT2D eigenvalue weighted by atomic mass is 35.5. The van der Waals surface area contributed by atoms with Gasteiger partial charge in [-0.1, -0.05) is 0 Å². The third-order valence-electron chi connectivity index (χ3n) is 3.39. The summed E-state index contributed by atoms with van der Waals surface area (Å²) in [6, 6.07) is 0.137. The Bertz CT molecular complexity index is 466. The average molecular weight is 331 g/mol. The van der Waals surface area contributed by atoms with Crippen molar-refractivity contribution in [3.05, 3.63) is 35.1 Å². The van der Waals surface area contributed by atoms with Gasteiger partial charge in [0.25, 0.3) is 0 Å². The third kappa shape index (κ3) is 4.52. The maximum Gasteiger partial charge on any atom is 0.240 e. The zero-order chi connectivity index (χ0) is 14.7. The van der Waals surface area contributed by atoms with Gasteiger partial charge < -0.3 is 5.32 Å². The van der Waals surface area contributed by atoms with E-state index < -0.39 is 36.3 Å². The minimum absolute atomic E-state index is 0. The summed E-state index contributed by atoms with van der Waals surface area (Å²) in [6.07, 6.45) is -3.26. The van der Waals surface area contributed by atoms with E-state index in [4.69, 9.17) is 0 Å². The molecule has 0 unspecified atom stereocenters. The van der Waals surface area contributed by atoms with Crippen LogP contribution in [-0.4, -0.2) is 37.5 Å². The molecule has 1 fully saturated rings. The number of alkyl halides is 2. The van der Waals surface area contributed by atoms with Crippen molar-refractivity contribution in [3.63, 3.8) is 0 Å². The van der Waals surface area contributed by atoms with Crippen LogP contribution < -0.4 is 5.32 Å². The first-order chi connectivity index (χ1) is 9.49. The van der Waals surface area contributed by atoms with Crippen molar-refractivity contribution in [2.24, 2.45) is 0 Å². The quantitative estimate of drug-likeness (QED) is 0.674. The van der Waals surface area contributed by atoms with Gasteiger partial charge in [-0.25, -0.2) is 22.0 Å². The van der Waals surface area contributed by atoms with Crippen LogP contribution in [0.15, 0.2) is 12.1 Å². The van der Waals surface area contributed by atoms with Gasteiger partial charge in [-0.05, 0) is 6.07 Å². The van der Waals surface area contributed by atoms with E-state index in [1.165, 1.54) is 0 Å². The lowest BCUT2D eigenvalue weighted by Crippen LogP contribution is -2.45. The van der Waals surface area contributed by atoms with E-state index >= 15 is 0 Å². The van der Waals surface area contributed by atoms with Crippen molar-refractivity contribution in [3.8, 4) is 0 Å². The van der Waals surface area contributed by atoms with Gasteiger partial charge in [0.15, 0.2) is 11.6 Å². The van der Waals surface area contributed by atoms with Crippen LogP contribution in [0.25, 0.3) is 0 Å². The fourth-order valence-corrected chi connectivity index (χ4v) is 2.43. The van der Waals surface area contributed by atoms with Crippen molar-refractivity contribution in [1.29, 1.82) is 0 Å². The molecule has 2 nitrogen and oxygen atoms in total. The van der Waals surface area contributed by atoms with Crippen LogP contribution >= 0.6 is 12.4 Å². The van der Waals surface area contributed by atoms with Gasteiger partial charge in [-0.3, -0.25) is 4.90 Å². The normalized spacial score (nSPS) is 17.6. The van der Waals surface area contributed by atoms with E-state index in [1.807, 2.05) is 0 Å². The Kier molecular flexibility index (Phi) is 6.83. The molecule has 0 amide bonds. The van der Waals surface area contributed by atoms with E-state index in [0.717, 1.165) is 0 Å². The van der Waals surface area contributed by atoms with E-state index in [9.17, 15) is 22.0 Å². The fourth-order valence-electron chi connectivity index (χ4n) is 2.43. The Labute approximate surface area is 125 Å². The minimum atomic E-state index is -2.65. The molecule has 1 heterocycles. The average Bonchev–Trinajstić information content (AvgIpc) is 2.41. The lowest BCUT2D eigenvalue weighted by Gasteiger charge is -2.35. The van der Waals surface area contributed by atoms with Gasteiger partial charge in [0.05, 0.1) is 0 Å². The van der Waals surface area contributed by atoms with Crippen LogP contribution in [0.4, 0.5) is 22.0 Å². The van der Waals surface area contributed by atoms with Gasteiger partial charge in [0.1, 0.15) is 5.82 Å². The molecule has 1 atom stereocenters. The summed E-state index contributed by atoms with van der Waals surface area (Å²) in [5.41, 5.74) is -0.217. The van der Waals surface area contributed by atoms with Crippen LogP contribution in [0, 0.1) is 17.5 Å². The van der Waals surface area contributed by atoms with Gasteiger partial charge in [0.2, 0.25) is 6.43 Å². The summed E-state index contributed by atoms with van der Waals surface area (Å²) in [5.74, 6) is -3.54. The standard InChI is InChI=1S/C13H15F5N2.ClH/c14-9-6-11(16)10(15)5-8(9)12(7-13(17)18)20-3-1-19-2-4-20;/h5-6,12-13,19H,1-4,7H2;1H/t12-;/m0./s1. The van der Waals surface area contributed by atoms with Crippen molar-refractivity contribution in [2.45, 2.75) is 18.9 Å². The molecule has 0 radical (unpaired) electrons. The number of piperazine rings is 1. The Morgan fingerprint density at radius 2 is 1.57 bits per heavy atom. The monoisotopic (exact) mass is 330 g/mol. The summed E-state index contributed by atoms with van der Waals surface area (Å²) in [6.45, 7) is 2.09. The fraction of sp³-hybridized carbons (Fsp3) is 0.538. The number of benzene rings is 1. The first kappa shape index (κ1) is 18.1. The summed E-state index contributed by atoms with van der Waals surface area (Å²) in [7, 11) is 0. The van der Waals surface area contributed by atoms with Gasteiger partial charge >= 0.3 is 0 Å². The lowest BCUT2D eigenvalue weighted by molar-refractivity contribution is 0.0723. The molecule has 0 saturated carbocycles. The molecule has 1 aliphatic heterocycles. The SMILES string of the molecule is Cl.Fc1cc(F)c([C@H](CC(F)F)N2CCNCC2)cc1F. The summed E-state index contributed by atoms with van der Waals surface area (Å²) < 4.78 is 65.4. The summed E-state index contributed by atoms with van der Waals surface area (Å²) in [5, 5.41) is 3.05. The predicted octanol–water partition coefficient (Wildman–Crippen LogP) is 3.13. The van der Waals surface area contributed by atoms with Gasteiger partial charge in [-0.15, -0.1) is 12.4 Å². The van der Waals surface area contributed by atoms with Crippen LogP contribution in [0.3, 0.4) is 0 Å². The number of nitrogens with one attached hydrogen (secondary N) is 1. The first-order valence-electron chi connectivity index (χ1n) is 6.36. The molecule has 1 saturated heterocycles. The molecule has 0 aromatic heterocycles. The van der Waals surface area contributed by atoms with E-state index in [1.54, 1.807) is 4.90 Å². The zero-order valence-electron chi connectivity index (χ0n) is 11.1. The summed E-state index contributed by atoms with van der Waals surface area (Å²) >= 11 is 0. The van der Waals surface area contributed by atoms with Gasteiger partial charge in [0, 0.05) is 50.3 Å². The topological polar surface area (TPSA) is 15.3 Å². The summed E-state index contributed by atoms with van der Waals surface area (Å²) in [4.78, 5) is 1.67. The number of nitrogens with zero attached hydrogens (tertiary/aromatic N) is 1. The lowest BCUT2D eigenvalue weighted by atomic mass is 10.00. The molecule has 120 valence electrons. The number of halogens is 6. The Hall–Kier alpha value is -0.920. The number of rotatable bonds is 4. The van der Waals surface area contributed by atoms with E-state index in [2.05, 4.69) is 5.32 Å². The molecule has 0 aliphatic carbocycles. The number of hydrogen-bond donors (Lipinski definition) is 1. The van der Waals surface area contributed by atoms with Crippen molar-refractivity contribution in [1.82, 2.24) is 10.2 Å². The van der Waals surface area contributed by atoms with Crippen LogP contribution in [0.1, 0.15) is 18.0 Å². The Morgan fingerprint density at radius 1 is 1.00 bits per heavy atom. The molecular formula is C13H16ClF5N2. The smallest absolute Gasteiger partial charge is 0.240 e. The van der Waals surface area contributed by atoms with Crippen molar-refractivity contribution >= 4 is 12.4 Å². The molecular weight excluding hydrogens is 315 g/mol. The molecule has 0 spiro atoms. The van der Waals surface area contributed by atoms with E-state index in [0.29, 0.717) is 38.3 Å². The molecule has 1 aromatic rings. The molecule has 1 aromatic carbocycles. The molecule has 8 heteroatoms. The van der Waals surface area contributed by atoms with E-state index in [-0.39, 0.29) is 18.0 Å². The molecule has 1 aliphatic rings. The largest absolute Gasteiger partial charge is 0.314 e. The zero-order valence-corrected chi connectivity index (χ0v) is 11.9. The maximum absolute atomic E-state index is 13.8. The molecule has 21 heavy (non-hydrogen) atoms. The second kappa shape index (κ2) is 7.91. The molecule has 0 bridgehead atoms. The maximum atomic E-state index is 13.8. The Balaban J connectivity index is 0.00000220. The van der Waals surface area contributed by atoms with Crippen LogP contribution in [0.5, 0.6) is 0 Å². The van der Waals surface area contributed by atoms with Crippen molar-refractivity contribution < 1.29 is 22.0 Å². The third-order valence-corrected chi connectivity index (χ3v) is 3.39. The second-order valence-corrected chi connectivity index (χ2v) is 4.72. The van der Waals surface area contributed by atoms with Crippen LogP contribution in [-0.2, 0) is 0 Å². The van der Waals surface area contributed by atoms with Crippen LogP contribution in [0.2, 0.25) is 0 Å². The highest BCUT2D eigenvalue weighted by Gasteiger charge is 2.28. The Morgan fingerprint density at radius 3 is 2.14 bits per heavy atom. The predicted molar refractivity (Wildman–Crippen MR) is 71.4 cm³/mol. The highest BCUT2D eigenvalue weighted by molar-refractivity contribution is 5.85. The molecule has 1 N–H and O–H groups in total. The highest BCUT2D eigenvalue weighted by Crippen LogP contribution is 2.30. The second-order valence-electron chi connectivity index (χ2n) is 4.72. The minimum Gasteiger partial charge on any atom is -0.314 e. The van der Waals surface area contributed by atoms with Gasteiger partial charge in [-0.2, -0.15) is 0 Å². The number of hydrogen-bond acceptors (Lipinski definition) is 2.